The lowest BCUT2D eigenvalue weighted by Crippen LogP contribution is -2.22. The van der Waals surface area contributed by atoms with Gasteiger partial charge in [0.05, 0.1) is 5.56 Å². The number of nitriles is 1. The monoisotopic (exact) mass is 246 g/mol. The van der Waals surface area contributed by atoms with Gasteiger partial charge in [-0.05, 0) is 58.3 Å². The molecule has 4 heteroatoms. The highest BCUT2D eigenvalue weighted by atomic mass is 15.1. The summed E-state index contributed by atoms with van der Waals surface area (Å²) in [6.45, 7) is 8.55. The third-order valence-corrected chi connectivity index (χ3v) is 4.04. The number of hydrogen-bond acceptors (Lipinski definition) is 3. The highest BCUT2D eigenvalue weighted by Gasteiger charge is 2.15. The zero-order chi connectivity index (χ0) is 13.1. The summed E-state index contributed by atoms with van der Waals surface area (Å²) in [5.74, 6) is 0.633. The van der Waals surface area contributed by atoms with Crippen molar-refractivity contribution in [2.75, 3.05) is 25.4 Å². The van der Waals surface area contributed by atoms with E-state index in [1.54, 1.807) is 0 Å². The van der Waals surface area contributed by atoms with Gasteiger partial charge in [0.1, 0.15) is 11.9 Å². The second-order valence-electron chi connectivity index (χ2n) is 5.14. The van der Waals surface area contributed by atoms with Crippen molar-refractivity contribution in [3.63, 3.8) is 0 Å². The fourth-order valence-corrected chi connectivity index (χ4v) is 2.78. The van der Waals surface area contributed by atoms with E-state index in [-0.39, 0.29) is 0 Å². The third-order valence-electron chi connectivity index (χ3n) is 4.04. The quantitative estimate of drug-likeness (QED) is 0.884. The molecular weight excluding hydrogens is 224 g/mol. The van der Waals surface area contributed by atoms with Crippen LogP contribution in [0.15, 0.2) is 0 Å². The molecule has 2 N–H and O–H groups in total. The van der Waals surface area contributed by atoms with Crippen LogP contribution < -0.4 is 5.73 Å². The molecule has 0 saturated carbocycles. The van der Waals surface area contributed by atoms with Gasteiger partial charge in [0, 0.05) is 12.2 Å². The largest absolute Gasteiger partial charge is 0.384 e. The summed E-state index contributed by atoms with van der Waals surface area (Å²) in [5.41, 5.74) is 8.84. The number of rotatable bonds is 4. The Labute approximate surface area is 109 Å². The van der Waals surface area contributed by atoms with Crippen LogP contribution >= 0.6 is 0 Å². The van der Waals surface area contributed by atoms with Gasteiger partial charge in [0.2, 0.25) is 0 Å². The van der Waals surface area contributed by atoms with E-state index in [1.807, 2.05) is 13.8 Å². The highest BCUT2D eigenvalue weighted by molar-refractivity contribution is 5.57. The Bertz CT molecular complexity index is 461. The average molecular weight is 246 g/mol. The topological polar surface area (TPSA) is 58.0 Å². The normalized spacial score (nSPS) is 16.1. The zero-order valence-corrected chi connectivity index (χ0v) is 11.4. The van der Waals surface area contributed by atoms with Gasteiger partial charge in [-0.1, -0.05) is 0 Å². The standard InChI is InChI=1S/C14H22N4/c1-11-12(2)18(14(16)13(11)10-15)9-5-8-17-6-3-4-7-17/h3-9,16H2,1-2H3. The number of likely N-dealkylation sites (tertiary alicyclic amines) is 1. The third kappa shape index (κ3) is 2.37. The molecule has 1 aliphatic heterocycles. The molecule has 0 unspecified atom stereocenters. The summed E-state index contributed by atoms with van der Waals surface area (Å²) in [5, 5.41) is 9.08. The Morgan fingerprint density at radius 3 is 2.44 bits per heavy atom. The van der Waals surface area contributed by atoms with Crippen molar-refractivity contribution in [2.24, 2.45) is 0 Å². The molecule has 0 atom stereocenters. The lowest BCUT2D eigenvalue weighted by molar-refractivity contribution is 0.325. The molecule has 0 aromatic carbocycles. The average Bonchev–Trinajstić information content (AvgIpc) is 2.93. The molecule has 0 radical (unpaired) electrons. The Morgan fingerprint density at radius 1 is 1.22 bits per heavy atom. The number of hydrogen-bond donors (Lipinski definition) is 1. The Hall–Kier alpha value is -1.47. The maximum atomic E-state index is 9.08. The van der Waals surface area contributed by atoms with Crippen LogP contribution in [-0.2, 0) is 6.54 Å². The number of nitrogens with zero attached hydrogens (tertiary/aromatic N) is 3. The summed E-state index contributed by atoms with van der Waals surface area (Å²) in [4.78, 5) is 2.51. The maximum absolute atomic E-state index is 9.08. The number of anilines is 1. The van der Waals surface area contributed by atoms with E-state index < -0.39 is 0 Å². The van der Waals surface area contributed by atoms with Gasteiger partial charge < -0.3 is 15.2 Å². The molecule has 2 rings (SSSR count). The van der Waals surface area contributed by atoms with E-state index in [4.69, 9.17) is 11.0 Å². The molecule has 18 heavy (non-hydrogen) atoms. The lowest BCUT2D eigenvalue weighted by Gasteiger charge is -2.15. The second-order valence-corrected chi connectivity index (χ2v) is 5.14. The minimum absolute atomic E-state index is 0.633. The van der Waals surface area contributed by atoms with E-state index in [2.05, 4.69) is 15.5 Å². The van der Waals surface area contributed by atoms with Crippen LogP contribution in [0.1, 0.15) is 36.1 Å². The van der Waals surface area contributed by atoms with Gasteiger partial charge in [-0.25, -0.2) is 0 Å². The molecule has 1 aromatic heterocycles. The minimum atomic E-state index is 0.633. The molecule has 0 amide bonds. The summed E-state index contributed by atoms with van der Waals surface area (Å²) in [6.07, 6.45) is 3.77. The second kappa shape index (κ2) is 5.45. The Balaban J connectivity index is 1.99. The fraction of sp³-hybridized carbons (Fsp3) is 0.643. The molecule has 98 valence electrons. The highest BCUT2D eigenvalue weighted by Crippen LogP contribution is 2.23. The van der Waals surface area contributed by atoms with Gasteiger partial charge in [0.25, 0.3) is 0 Å². The van der Waals surface area contributed by atoms with E-state index in [0.29, 0.717) is 11.4 Å². The first kappa shape index (κ1) is 13.0. The SMILES string of the molecule is Cc1c(C#N)c(N)n(CCCN2CCCC2)c1C. The van der Waals surface area contributed by atoms with Crippen LogP contribution in [0.4, 0.5) is 5.82 Å². The summed E-state index contributed by atoms with van der Waals surface area (Å²) in [6, 6.07) is 2.20. The van der Waals surface area contributed by atoms with Gasteiger partial charge >= 0.3 is 0 Å². The van der Waals surface area contributed by atoms with Gasteiger partial charge in [-0.2, -0.15) is 5.26 Å². The zero-order valence-electron chi connectivity index (χ0n) is 11.4. The van der Waals surface area contributed by atoms with Gasteiger partial charge in [-0.3, -0.25) is 0 Å². The van der Waals surface area contributed by atoms with Crippen LogP contribution in [0.3, 0.4) is 0 Å². The predicted molar refractivity (Wildman–Crippen MR) is 73.3 cm³/mol. The Kier molecular flexibility index (Phi) is 3.93. The molecule has 4 nitrogen and oxygen atoms in total. The van der Waals surface area contributed by atoms with Crippen molar-refractivity contribution in [2.45, 2.75) is 39.7 Å². The molecule has 1 fully saturated rings. The molecule has 1 saturated heterocycles. The number of aromatic nitrogens is 1. The molecule has 0 bridgehead atoms. The molecule has 1 aliphatic rings. The van der Waals surface area contributed by atoms with E-state index in [1.165, 1.54) is 25.9 Å². The fourth-order valence-electron chi connectivity index (χ4n) is 2.78. The van der Waals surface area contributed by atoms with Crippen LogP contribution in [0.2, 0.25) is 0 Å². The number of nitrogen functional groups attached to an aromatic ring is 1. The van der Waals surface area contributed by atoms with E-state index in [0.717, 1.165) is 30.8 Å². The van der Waals surface area contributed by atoms with E-state index in [9.17, 15) is 0 Å². The van der Waals surface area contributed by atoms with Crippen molar-refractivity contribution in [3.8, 4) is 6.07 Å². The van der Waals surface area contributed by atoms with Crippen molar-refractivity contribution < 1.29 is 0 Å². The predicted octanol–water partition coefficient (Wildman–Crippen LogP) is 2.04. The lowest BCUT2D eigenvalue weighted by atomic mass is 10.2. The first-order chi connectivity index (χ1) is 8.65. The summed E-state index contributed by atoms with van der Waals surface area (Å²) in [7, 11) is 0. The van der Waals surface area contributed by atoms with Gasteiger partial charge in [0.15, 0.2) is 0 Å². The van der Waals surface area contributed by atoms with Crippen LogP contribution in [0.5, 0.6) is 0 Å². The smallest absolute Gasteiger partial charge is 0.122 e. The molecule has 0 aliphatic carbocycles. The number of nitrogens with two attached hydrogens (primary N) is 1. The first-order valence-electron chi connectivity index (χ1n) is 6.72. The summed E-state index contributed by atoms with van der Waals surface area (Å²) < 4.78 is 2.09. The minimum Gasteiger partial charge on any atom is -0.384 e. The molecular formula is C14H22N4. The van der Waals surface area contributed by atoms with E-state index >= 15 is 0 Å². The summed E-state index contributed by atoms with van der Waals surface area (Å²) >= 11 is 0. The van der Waals surface area contributed by atoms with Crippen molar-refractivity contribution in [1.29, 1.82) is 5.26 Å². The maximum Gasteiger partial charge on any atom is 0.122 e. The Morgan fingerprint density at radius 2 is 1.89 bits per heavy atom. The van der Waals surface area contributed by atoms with Gasteiger partial charge in [-0.15, -0.1) is 0 Å². The molecule has 1 aromatic rings. The van der Waals surface area contributed by atoms with Crippen LogP contribution in [0.25, 0.3) is 0 Å². The van der Waals surface area contributed by atoms with Crippen molar-refractivity contribution in [1.82, 2.24) is 9.47 Å². The molecule has 2 heterocycles. The van der Waals surface area contributed by atoms with Crippen LogP contribution in [-0.4, -0.2) is 29.1 Å². The van der Waals surface area contributed by atoms with Crippen LogP contribution in [0, 0.1) is 25.2 Å². The first-order valence-corrected chi connectivity index (χ1v) is 6.72. The molecule has 0 spiro atoms. The van der Waals surface area contributed by atoms with Crippen molar-refractivity contribution in [3.05, 3.63) is 16.8 Å². The van der Waals surface area contributed by atoms with Crippen molar-refractivity contribution >= 4 is 5.82 Å².